The molecule has 0 radical (unpaired) electrons. The molecule has 0 aliphatic heterocycles. The van der Waals surface area contributed by atoms with Gasteiger partial charge in [0, 0.05) is 5.70 Å². The average Bonchev–Trinajstić information content (AvgIpc) is 1.88. The lowest BCUT2D eigenvalue weighted by Gasteiger charge is -2.02. The van der Waals surface area contributed by atoms with Crippen LogP contribution < -0.4 is 5.73 Å². The Morgan fingerprint density at radius 2 is 2.10 bits per heavy atom. The van der Waals surface area contributed by atoms with Crippen LogP contribution in [0.1, 0.15) is 20.3 Å². The molecular formula is C7H13NO2. The molecular weight excluding hydrogens is 130 g/mol. The number of allylic oxidation sites excluding steroid dienone is 1. The summed E-state index contributed by atoms with van der Waals surface area (Å²) in [5.74, 6) is -0.331. The number of methoxy groups -OCH3 is 1. The third kappa shape index (κ3) is 2.09. The third-order valence-corrected chi connectivity index (χ3v) is 1.26. The summed E-state index contributed by atoms with van der Waals surface area (Å²) < 4.78 is 4.49. The summed E-state index contributed by atoms with van der Waals surface area (Å²) in [4.78, 5) is 10.8. The molecule has 0 unspecified atom stereocenters. The lowest BCUT2D eigenvalue weighted by atomic mass is 10.2. The highest BCUT2D eigenvalue weighted by Crippen LogP contribution is 2.05. The van der Waals surface area contributed by atoms with Crippen molar-refractivity contribution in [3.8, 4) is 0 Å². The van der Waals surface area contributed by atoms with Crippen molar-refractivity contribution in [2.45, 2.75) is 20.3 Å². The first-order valence-electron chi connectivity index (χ1n) is 3.17. The minimum Gasteiger partial charge on any atom is -0.466 e. The topological polar surface area (TPSA) is 52.3 Å². The Kier molecular flexibility index (Phi) is 3.54. The van der Waals surface area contributed by atoms with Gasteiger partial charge in [0.25, 0.3) is 0 Å². The molecule has 0 heterocycles. The summed E-state index contributed by atoms with van der Waals surface area (Å²) in [6.45, 7) is 3.55. The van der Waals surface area contributed by atoms with E-state index < -0.39 is 0 Å². The highest BCUT2D eigenvalue weighted by atomic mass is 16.5. The van der Waals surface area contributed by atoms with Gasteiger partial charge < -0.3 is 10.5 Å². The number of carbonyl (C=O) groups excluding carboxylic acids is 1. The Balaban J connectivity index is 4.37. The van der Waals surface area contributed by atoms with Gasteiger partial charge in [-0.15, -0.1) is 0 Å². The summed E-state index contributed by atoms with van der Waals surface area (Å²) in [5, 5.41) is 0. The highest BCUT2D eigenvalue weighted by Gasteiger charge is 2.07. The van der Waals surface area contributed by atoms with Crippen LogP contribution >= 0.6 is 0 Å². The monoisotopic (exact) mass is 143 g/mol. The molecule has 0 aromatic carbocycles. The number of esters is 1. The molecule has 0 spiro atoms. The molecule has 0 aromatic heterocycles. The predicted molar refractivity (Wildman–Crippen MR) is 39.2 cm³/mol. The summed E-state index contributed by atoms with van der Waals surface area (Å²) >= 11 is 0. The third-order valence-electron chi connectivity index (χ3n) is 1.26. The number of hydrogen-bond acceptors (Lipinski definition) is 3. The van der Waals surface area contributed by atoms with E-state index in [2.05, 4.69) is 4.74 Å². The quantitative estimate of drug-likeness (QED) is 0.459. The molecule has 0 fully saturated rings. The standard InChI is InChI=1S/C7H13NO2/c1-4-6(5(2)8)7(9)10-3/h4,8H2,1-3H3/b6-5-. The average molecular weight is 143 g/mol. The SMILES string of the molecule is CC/C(C(=O)OC)=C(\C)N. The zero-order valence-electron chi connectivity index (χ0n) is 6.60. The first-order valence-corrected chi connectivity index (χ1v) is 3.17. The number of nitrogens with two attached hydrogens (primary N) is 1. The van der Waals surface area contributed by atoms with E-state index in [4.69, 9.17) is 5.73 Å². The lowest BCUT2D eigenvalue weighted by Crippen LogP contribution is -2.09. The van der Waals surface area contributed by atoms with E-state index >= 15 is 0 Å². The Morgan fingerprint density at radius 3 is 2.20 bits per heavy atom. The maximum Gasteiger partial charge on any atom is 0.335 e. The van der Waals surface area contributed by atoms with E-state index in [0.717, 1.165) is 0 Å². The van der Waals surface area contributed by atoms with Crippen LogP contribution in [0.2, 0.25) is 0 Å². The molecule has 0 aromatic rings. The van der Waals surface area contributed by atoms with Crippen LogP contribution in [-0.4, -0.2) is 13.1 Å². The van der Waals surface area contributed by atoms with Gasteiger partial charge in [0.1, 0.15) is 0 Å². The van der Waals surface area contributed by atoms with Crippen LogP contribution in [0.15, 0.2) is 11.3 Å². The molecule has 3 nitrogen and oxygen atoms in total. The van der Waals surface area contributed by atoms with Crippen LogP contribution in [0.4, 0.5) is 0 Å². The molecule has 3 heteroatoms. The van der Waals surface area contributed by atoms with Crippen molar-refractivity contribution in [3.05, 3.63) is 11.3 Å². The van der Waals surface area contributed by atoms with Gasteiger partial charge in [-0.2, -0.15) is 0 Å². The second-order valence-electron chi connectivity index (χ2n) is 2.01. The molecule has 0 rings (SSSR count). The van der Waals surface area contributed by atoms with E-state index in [-0.39, 0.29) is 5.97 Å². The molecule has 0 atom stereocenters. The van der Waals surface area contributed by atoms with E-state index in [1.165, 1.54) is 7.11 Å². The number of hydrogen-bond donors (Lipinski definition) is 1. The highest BCUT2D eigenvalue weighted by molar-refractivity contribution is 5.88. The van der Waals surface area contributed by atoms with Crippen LogP contribution in [0, 0.1) is 0 Å². The lowest BCUT2D eigenvalue weighted by molar-refractivity contribution is -0.136. The van der Waals surface area contributed by atoms with Crippen LogP contribution in [-0.2, 0) is 9.53 Å². The fraction of sp³-hybridized carbons (Fsp3) is 0.571. The van der Waals surface area contributed by atoms with Gasteiger partial charge in [0.2, 0.25) is 0 Å². The Labute approximate surface area is 60.9 Å². The van der Waals surface area contributed by atoms with Gasteiger partial charge >= 0.3 is 5.97 Å². The fourth-order valence-electron chi connectivity index (χ4n) is 0.707. The summed E-state index contributed by atoms with van der Waals surface area (Å²) in [6.07, 6.45) is 0.620. The Hall–Kier alpha value is -0.990. The minimum absolute atomic E-state index is 0.331. The van der Waals surface area contributed by atoms with Crippen molar-refractivity contribution in [2.75, 3.05) is 7.11 Å². The summed E-state index contributed by atoms with van der Waals surface area (Å²) in [7, 11) is 1.35. The molecule has 0 bridgehead atoms. The second-order valence-corrected chi connectivity index (χ2v) is 2.01. The fourth-order valence-corrected chi connectivity index (χ4v) is 0.707. The van der Waals surface area contributed by atoms with Crippen molar-refractivity contribution in [1.29, 1.82) is 0 Å². The molecule has 10 heavy (non-hydrogen) atoms. The molecule has 2 N–H and O–H groups in total. The molecule has 0 saturated carbocycles. The maximum absolute atomic E-state index is 10.8. The Morgan fingerprint density at radius 1 is 1.60 bits per heavy atom. The van der Waals surface area contributed by atoms with E-state index in [1.54, 1.807) is 6.92 Å². The zero-order valence-corrected chi connectivity index (χ0v) is 6.60. The Bertz CT molecular complexity index is 157. The van der Waals surface area contributed by atoms with Gasteiger partial charge in [-0.3, -0.25) is 0 Å². The molecule has 0 aliphatic carbocycles. The van der Waals surface area contributed by atoms with Crippen molar-refractivity contribution >= 4 is 5.97 Å². The summed E-state index contributed by atoms with van der Waals surface area (Å²) in [5.41, 5.74) is 6.50. The van der Waals surface area contributed by atoms with Crippen LogP contribution in [0.5, 0.6) is 0 Å². The smallest absolute Gasteiger partial charge is 0.335 e. The number of ether oxygens (including phenoxy) is 1. The van der Waals surface area contributed by atoms with Crippen molar-refractivity contribution < 1.29 is 9.53 Å². The minimum atomic E-state index is -0.331. The van der Waals surface area contributed by atoms with Crippen LogP contribution in [0.3, 0.4) is 0 Å². The molecule has 0 amide bonds. The van der Waals surface area contributed by atoms with Gasteiger partial charge in [-0.25, -0.2) is 4.79 Å². The first kappa shape index (κ1) is 9.01. The zero-order chi connectivity index (χ0) is 8.15. The van der Waals surface area contributed by atoms with Crippen molar-refractivity contribution in [1.82, 2.24) is 0 Å². The van der Waals surface area contributed by atoms with E-state index in [0.29, 0.717) is 17.7 Å². The predicted octanol–water partition coefficient (Wildman–Crippen LogP) is 0.802. The molecule has 0 aliphatic rings. The van der Waals surface area contributed by atoms with Gasteiger partial charge in [-0.05, 0) is 13.3 Å². The second kappa shape index (κ2) is 3.93. The molecule has 58 valence electrons. The molecule has 0 saturated heterocycles. The van der Waals surface area contributed by atoms with Crippen molar-refractivity contribution in [3.63, 3.8) is 0 Å². The number of rotatable bonds is 2. The largest absolute Gasteiger partial charge is 0.466 e. The maximum atomic E-state index is 10.8. The number of carbonyl (C=O) groups is 1. The van der Waals surface area contributed by atoms with E-state index in [9.17, 15) is 4.79 Å². The van der Waals surface area contributed by atoms with Gasteiger partial charge in [0.05, 0.1) is 12.7 Å². The van der Waals surface area contributed by atoms with Gasteiger partial charge in [0.15, 0.2) is 0 Å². The normalized spacial score (nSPS) is 12.3. The van der Waals surface area contributed by atoms with E-state index in [1.807, 2.05) is 6.92 Å². The van der Waals surface area contributed by atoms with Crippen molar-refractivity contribution in [2.24, 2.45) is 5.73 Å². The van der Waals surface area contributed by atoms with Crippen LogP contribution in [0.25, 0.3) is 0 Å². The van der Waals surface area contributed by atoms with Gasteiger partial charge in [-0.1, -0.05) is 6.92 Å². The first-order chi connectivity index (χ1) is 4.63. The summed E-state index contributed by atoms with van der Waals surface area (Å²) in [6, 6.07) is 0.